The van der Waals surface area contributed by atoms with Crippen molar-refractivity contribution in [1.82, 2.24) is 4.90 Å². The zero-order chi connectivity index (χ0) is 17.8. The fraction of sp³-hybridized carbons (Fsp3) is 0.211. The monoisotopic (exact) mass is 355 g/mol. The number of hydrogen-bond donors (Lipinski definition) is 1. The number of hydrogen-bond acceptors (Lipinski definition) is 4. The number of nitrogens with zero attached hydrogens (tertiary/aromatic N) is 1. The summed E-state index contributed by atoms with van der Waals surface area (Å²) in [7, 11) is 0. The first-order chi connectivity index (χ1) is 12.1. The molecule has 0 spiro atoms. The summed E-state index contributed by atoms with van der Waals surface area (Å²) in [6.45, 7) is 0.347. The Kier molecular flexibility index (Phi) is 5.19. The van der Waals surface area contributed by atoms with E-state index in [0.717, 1.165) is 17.3 Å². The van der Waals surface area contributed by atoms with Crippen LogP contribution in [0, 0.1) is 0 Å². The minimum atomic E-state index is -1.04. The molecule has 128 valence electrons. The summed E-state index contributed by atoms with van der Waals surface area (Å²) in [5, 5.41) is 8.68. The van der Waals surface area contributed by atoms with E-state index in [4.69, 9.17) is 0 Å². The van der Waals surface area contributed by atoms with Crippen molar-refractivity contribution >= 4 is 29.5 Å². The molecule has 1 N–H and O–H groups in total. The Morgan fingerprint density at radius 3 is 2.48 bits per heavy atom. The molecule has 0 unspecified atom stereocenters. The molecule has 0 aliphatic carbocycles. The summed E-state index contributed by atoms with van der Waals surface area (Å²) >= 11 is 1.15. The topological polar surface area (TPSA) is 74.7 Å². The molecular formula is C19H17NO4S. The zero-order valence-corrected chi connectivity index (χ0v) is 14.2. The summed E-state index contributed by atoms with van der Waals surface area (Å²) in [6.07, 6.45) is 0.716. The first kappa shape index (κ1) is 17.2. The predicted octanol–water partition coefficient (Wildman–Crippen LogP) is 2.85. The molecule has 25 heavy (non-hydrogen) atoms. The van der Waals surface area contributed by atoms with Crippen molar-refractivity contribution in [2.75, 3.05) is 6.54 Å². The number of benzene rings is 2. The van der Waals surface area contributed by atoms with Gasteiger partial charge < -0.3 is 5.11 Å². The van der Waals surface area contributed by atoms with Crippen LogP contribution in [0.2, 0.25) is 0 Å². The molecule has 0 radical (unpaired) electrons. The molecule has 2 amide bonds. The molecule has 5 nitrogen and oxygen atoms in total. The Bertz CT molecular complexity index is 806. The van der Waals surface area contributed by atoms with Gasteiger partial charge >= 0.3 is 5.97 Å². The highest BCUT2D eigenvalue weighted by Gasteiger charge is 2.39. The van der Waals surface area contributed by atoms with Gasteiger partial charge in [0.2, 0.25) is 11.8 Å². The lowest BCUT2D eigenvalue weighted by Gasteiger charge is -2.15. The Balaban J connectivity index is 1.68. The van der Waals surface area contributed by atoms with Crippen LogP contribution < -0.4 is 0 Å². The van der Waals surface area contributed by atoms with E-state index in [1.807, 2.05) is 30.3 Å². The van der Waals surface area contributed by atoms with E-state index in [1.54, 1.807) is 18.2 Å². The van der Waals surface area contributed by atoms with Gasteiger partial charge in [-0.2, -0.15) is 0 Å². The quantitative estimate of drug-likeness (QED) is 0.807. The molecule has 3 rings (SSSR count). The van der Waals surface area contributed by atoms with E-state index in [0.29, 0.717) is 17.9 Å². The lowest BCUT2D eigenvalue weighted by Crippen LogP contribution is -2.33. The fourth-order valence-electron chi connectivity index (χ4n) is 2.76. The van der Waals surface area contributed by atoms with Crippen molar-refractivity contribution < 1.29 is 19.5 Å². The normalized spacial score (nSPS) is 17.1. The van der Waals surface area contributed by atoms with E-state index in [2.05, 4.69) is 0 Å². The molecule has 1 aliphatic heterocycles. The first-order valence-electron chi connectivity index (χ1n) is 7.93. The van der Waals surface area contributed by atoms with Crippen molar-refractivity contribution in [3.8, 4) is 0 Å². The highest BCUT2D eigenvalue weighted by Crippen LogP contribution is 2.33. The third-order valence-electron chi connectivity index (χ3n) is 4.06. The third-order valence-corrected chi connectivity index (χ3v) is 5.32. The van der Waals surface area contributed by atoms with Crippen LogP contribution in [0.5, 0.6) is 0 Å². The largest absolute Gasteiger partial charge is 0.478 e. The van der Waals surface area contributed by atoms with Gasteiger partial charge in [0.05, 0.1) is 10.8 Å². The van der Waals surface area contributed by atoms with E-state index in [-0.39, 0.29) is 23.8 Å². The number of imide groups is 1. The van der Waals surface area contributed by atoms with Crippen molar-refractivity contribution in [2.45, 2.75) is 23.0 Å². The number of aromatic carboxylic acids is 1. The van der Waals surface area contributed by atoms with Crippen LogP contribution >= 0.6 is 11.8 Å². The van der Waals surface area contributed by atoms with Gasteiger partial charge in [0.15, 0.2) is 0 Å². The number of amides is 2. The Morgan fingerprint density at radius 2 is 1.76 bits per heavy atom. The maximum atomic E-state index is 12.6. The summed E-state index contributed by atoms with van der Waals surface area (Å²) < 4.78 is 0. The van der Waals surface area contributed by atoms with Gasteiger partial charge in [-0.3, -0.25) is 14.5 Å². The molecule has 1 saturated heterocycles. The molecule has 2 aromatic rings. The molecule has 1 heterocycles. The van der Waals surface area contributed by atoms with Gasteiger partial charge in [0.1, 0.15) is 0 Å². The lowest BCUT2D eigenvalue weighted by atomic mass is 10.1. The number of carboxylic acid groups (broad SMARTS) is 1. The molecule has 0 saturated carbocycles. The molecule has 1 fully saturated rings. The minimum Gasteiger partial charge on any atom is -0.478 e. The van der Waals surface area contributed by atoms with Gasteiger partial charge in [0, 0.05) is 17.9 Å². The van der Waals surface area contributed by atoms with Gasteiger partial charge in [-0.1, -0.05) is 42.5 Å². The average Bonchev–Trinajstić information content (AvgIpc) is 2.88. The van der Waals surface area contributed by atoms with Gasteiger partial charge in [0.25, 0.3) is 0 Å². The smallest absolute Gasteiger partial charge is 0.336 e. The van der Waals surface area contributed by atoms with Crippen LogP contribution in [-0.4, -0.2) is 39.6 Å². The molecular weight excluding hydrogens is 338 g/mol. The second-order valence-corrected chi connectivity index (χ2v) is 6.98. The van der Waals surface area contributed by atoms with E-state index >= 15 is 0 Å². The number of carbonyl (C=O) groups is 3. The Labute approximate surface area is 149 Å². The lowest BCUT2D eigenvalue weighted by molar-refractivity contribution is -0.138. The number of rotatable bonds is 6. The molecule has 0 bridgehead atoms. The Morgan fingerprint density at radius 1 is 1.08 bits per heavy atom. The van der Waals surface area contributed by atoms with Crippen molar-refractivity contribution in [1.29, 1.82) is 0 Å². The molecule has 2 aromatic carbocycles. The summed E-state index contributed by atoms with van der Waals surface area (Å²) in [5.74, 6) is -1.49. The Hall–Kier alpha value is -2.60. The maximum Gasteiger partial charge on any atom is 0.336 e. The van der Waals surface area contributed by atoms with Crippen molar-refractivity contribution in [3.63, 3.8) is 0 Å². The van der Waals surface area contributed by atoms with E-state index in [1.165, 1.54) is 11.0 Å². The van der Waals surface area contributed by atoms with Gasteiger partial charge in [-0.05, 0) is 24.1 Å². The van der Waals surface area contributed by atoms with Gasteiger partial charge in [-0.15, -0.1) is 11.8 Å². The second kappa shape index (κ2) is 7.53. The second-order valence-electron chi connectivity index (χ2n) is 5.73. The van der Waals surface area contributed by atoms with Crippen LogP contribution in [0.25, 0.3) is 0 Å². The van der Waals surface area contributed by atoms with Crippen LogP contribution in [-0.2, 0) is 16.0 Å². The number of thioether (sulfide) groups is 1. The van der Waals surface area contributed by atoms with Crippen LogP contribution in [0.4, 0.5) is 0 Å². The fourth-order valence-corrected chi connectivity index (χ4v) is 3.96. The molecule has 6 heteroatoms. The zero-order valence-electron chi connectivity index (χ0n) is 13.4. The molecule has 1 atom stereocenters. The van der Waals surface area contributed by atoms with E-state index < -0.39 is 11.2 Å². The van der Waals surface area contributed by atoms with Crippen LogP contribution in [0.3, 0.4) is 0 Å². The van der Waals surface area contributed by atoms with Crippen LogP contribution in [0.1, 0.15) is 22.3 Å². The highest BCUT2D eigenvalue weighted by molar-refractivity contribution is 8.00. The van der Waals surface area contributed by atoms with Crippen molar-refractivity contribution in [2.24, 2.45) is 0 Å². The van der Waals surface area contributed by atoms with Crippen molar-refractivity contribution in [3.05, 3.63) is 65.7 Å². The predicted molar refractivity (Wildman–Crippen MR) is 94.5 cm³/mol. The highest BCUT2D eigenvalue weighted by atomic mass is 32.2. The first-order valence-corrected chi connectivity index (χ1v) is 8.81. The standard InChI is InChI=1S/C19H17NO4S/c21-17-12-16(25-15-9-5-4-8-14(15)19(23)24)18(22)20(17)11-10-13-6-2-1-3-7-13/h1-9,16H,10-12H2,(H,23,24)/t16-/m1/s1. The average molecular weight is 355 g/mol. The van der Waals surface area contributed by atoms with E-state index in [9.17, 15) is 19.5 Å². The maximum absolute atomic E-state index is 12.6. The van der Waals surface area contributed by atoms with Crippen LogP contribution in [0.15, 0.2) is 59.5 Å². The van der Waals surface area contributed by atoms with Gasteiger partial charge in [-0.25, -0.2) is 4.79 Å². The summed E-state index contributed by atoms with van der Waals surface area (Å²) in [6, 6.07) is 16.2. The summed E-state index contributed by atoms with van der Waals surface area (Å²) in [4.78, 5) is 37.8. The number of carboxylic acids is 1. The number of likely N-dealkylation sites (tertiary alicyclic amines) is 1. The third kappa shape index (κ3) is 3.91. The summed E-state index contributed by atoms with van der Waals surface area (Å²) in [5.41, 5.74) is 1.21. The molecule has 0 aromatic heterocycles. The SMILES string of the molecule is O=C(O)c1ccccc1S[C@@H]1CC(=O)N(CCc2ccccc2)C1=O. The molecule has 1 aliphatic rings. The number of carbonyl (C=O) groups excluding carboxylic acids is 2. The minimum absolute atomic E-state index is 0.103.